The molecular formula is C17H23BrN2O3. The van der Waals surface area contributed by atoms with Crippen molar-refractivity contribution in [2.45, 2.75) is 58.7 Å². The molecule has 23 heavy (non-hydrogen) atoms. The van der Waals surface area contributed by atoms with Crippen LogP contribution in [0.25, 0.3) is 0 Å². The fourth-order valence-corrected chi connectivity index (χ4v) is 4.62. The molecule has 2 amide bonds. The van der Waals surface area contributed by atoms with Gasteiger partial charge in [0.25, 0.3) is 0 Å². The van der Waals surface area contributed by atoms with Gasteiger partial charge < -0.3 is 15.2 Å². The summed E-state index contributed by atoms with van der Waals surface area (Å²) >= 11 is 3.44. The van der Waals surface area contributed by atoms with Gasteiger partial charge in [-0.1, -0.05) is 15.9 Å². The molecule has 3 atom stereocenters. The second-order valence-electron chi connectivity index (χ2n) is 7.18. The number of rotatable bonds is 1. The predicted molar refractivity (Wildman–Crippen MR) is 91.7 cm³/mol. The maximum Gasteiger partial charge on any atom is 0.316 e. The van der Waals surface area contributed by atoms with Crippen molar-refractivity contribution < 1.29 is 14.7 Å². The van der Waals surface area contributed by atoms with Gasteiger partial charge in [-0.25, -0.2) is 9.28 Å². The highest BCUT2D eigenvalue weighted by molar-refractivity contribution is 9.10. The third-order valence-corrected chi connectivity index (χ3v) is 5.32. The molecule has 1 N–H and O–H groups in total. The van der Waals surface area contributed by atoms with E-state index in [9.17, 15) is 14.7 Å². The maximum atomic E-state index is 12.8. The number of benzene rings is 1. The fourth-order valence-electron chi connectivity index (χ4n) is 4.24. The molecule has 1 aromatic carbocycles. The molecule has 0 radical (unpaired) electrons. The van der Waals surface area contributed by atoms with E-state index in [4.69, 9.17) is 0 Å². The zero-order valence-corrected chi connectivity index (χ0v) is 15.7. The SMILES string of the molecule is CC(=O)[N+]1(C(C)(C)C)c2ccc(Br)cc2[C@H](NC(=O)[O-])C[C@@H]1C. The van der Waals surface area contributed by atoms with E-state index in [1.807, 2.05) is 45.9 Å². The number of carbonyl (C=O) groups is 2. The first-order valence-corrected chi connectivity index (χ1v) is 8.48. The van der Waals surface area contributed by atoms with Gasteiger partial charge in [-0.2, -0.15) is 0 Å². The summed E-state index contributed by atoms with van der Waals surface area (Å²) in [6, 6.07) is 5.28. The molecule has 126 valence electrons. The van der Waals surface area contributed by atoms with E-state index in [0.29, 0.717) is 6.42 Å². The highest BCUT2D eigenvalue weighted by atomic mass is 79.9. The van der Waals surface area contributed by atoms with Crippen LogP contribution in [0.5, 0.6) is 0 Å². The van der Waals surface area contributed by atoms with Gasteiger partial charge in [-0.3, -0.25) is 0 Å². The number of amides is 2. The second kappa shape index (κ2) is 5.91. The molecule has 5 nitrogen and oxygen atoms in total. The highest BCUT2D eigenvalue weighted by Gasteiger charge is 2.55. The molecule has 0 aromatic heterocycles. The molecule has 0 aliphatic carbocycles. The van der Waals surface area contributed by atoms with E-state index < -0.39 is 6.09 Å². The molecule has 6 heteroatoms. The van der Waals surface area contributed by atoms with Crippen molar-refractivity contribution in [1.29, 1.82) is 0 Å². The minimum absolute atomic E-state index is 0.0560. The van der Waals surface area contributed by atoms with Crippen LogP contribution in [0.15, 0.2) is 22.7 Å². The van der Waals surface area contributed by atoms with Crippen LogP contribution in [0.2, 0.25) is 0 Å². The number of hydrogen-bond acceptors (Lipinski definition) is 3. The Morgan fingerprint density at radius 1 is 1.35 bits per heavy atom. The Bertz CT molecular complexity index is 654. The third-order valence-electron chi connectivity index (χ3n) is 4.83. The zero-order chi connectivity index (χ0) is 17.6. The largest absolute Gasteiger partial charge is 0.530 e. The quantitative estimate of drug-likeness (QED) is 0.759. The molecular weight excluding hydrogens is 360 g/mol. The second-order valence-corrected chi connectivity index (χ2v) is 8.10. The predicted octanol–water partition coefficient (Wildman–Crippen LogP) is 2.87. The lowest BCUT2D eigenvalue weighted by molar-refractivity contribution is -0.252. The smallest absolute Gasteiger partial charge is 0.316 e. The molecule has 0 saturated carbocycles. The van der Waals surface area contributed by atoms with Crippen LogP contribution in [0.4, 0.5) is 10.5 Å². The first-order chi connectivity index (χ1) is 10.5. The lowest BCUT2D eigenvalue weighted by atomic mass is 9.83. The number of nitrogens with zero attached hydrogens (tertiary/aromatic N) is 1. The van der Waals surface area contributed by atoms with Crippen LogP contribution in [0.3, 0.4) is 0 Å². The molecule has 1 unspecified atom stereocenters. The van der Waals surface area contributed by atoms with Gasteiger partial charge in [0.15, 0.2) is 0 Å². The fraction of sp³-hybridized carbons (Fsp3) is 0.529. The highest BCUT2D eigenvalue weighted by Crippen LogP contribution is 2.48. The molecule has 0 fully saturated rings. The van der Waals surface area contributed by atoms with E-state index in [1.54, 1.807) is 6.92 Å². The lowest BCUT2D eigenvalue weighted by Gasteiger charge is -2.53. The summed E-state index contributed by atoms with van der Waals surface area (Å²) in [6.07, 6.45) is -0.763. The summed E-state index contributed by atoms with van der Waals surface area (Å²) in [5.74, 6) is 0.0560. The van der Waals surface area contributed by atoms with Crippen molar-refractivity contribution >= 4 is 33.6 Å². The Hall–Kier alpha value is -1.40. The van der Waals surface area contributed by atoms with Crippen LogP contribution in [-0.4, -0.2) is 23.6 Å². The van der Waals surface area contributed by atoms with E-state index in [0.717, 1.165) is 15.7 Å². The third kappa shape index (κ3) is 2.78. The Balaban J connectivity index is 2.77. The molecule has 1 heterocycles. The van der Waals surface area contributed by atoms with Gasteiger partial charge in [0.2, 0.25) is 0 Å². The average molecular weight is 383 g/mol. The number of carboxylic acid groups (broad SMARTS) is 1. The van der Waals surface area contributed by atoms with E-state index in [2.05, 4.69) is 21.2 Å². The Kier molecular flexibility index (Phi) is 4.61. The number of fused-ring (bicyclic) bond motifs is 1. The number of hydrogen-bond donors (Lipinski definition) is 1. The van der Waals surface area contributed by atoms with Crippen LogP contribution in [0, 0.1) is 0 Å². The van der Waals surface area contributed by atoms with Crippen molar-refractivity contribution in [3.63, 3.8) is 0 Å². The summed E-state index contributed by atoms with van der Waals surface area (Å²) in [6.45, 7) is 9.75. The average Bonchev–Trinajstić information content (AvgIpc) is 2.36. The normalized spacial score (nSPS) is 27.2. The van der Waals surface area contributed by atoms with Crippen molar-refractivity contribution in [2.24, 2.45) is 0 Å². The summed E-state index contributed by atoms with van der Waals surface area (Å²) < 4.78 is 1.05. The standard InChI is InChI=1S/C17H23BrN2O3/c1-10-8-14(19-16(22)23)13-9-12(18)6-7-15(13)20(10,11(2)21)17(3,4)5/h6-7,9-10,14,19H,8H2,1-5H3/t10-,14+,20?/m0/s1. The summed E-state index contributed by atoms with van der Waals surface area (Å²) in [5, 5.41) is 13.5. The van der Waals surface area contributed by atoms with Crippen LogP contribution in [-0.2, 0) is 4.79 Å². The van der Waals surface area contributed by atoms with Crippen molar-refractivity contribution in [3.8, 4) is 0 Å². The van der Waals surface area contributed by atoms with Gasteiger partial charge in [0.1, 0.15) is 23.4 Å². The number of quaternary nitrogens is 1. The number of halogens is 1. The summed E-state index contributed by atoms with van der Waals surface area (Å²) in [5.41, 5.74) is 1.33. The van der Waals surface area contributed by atoms with Gasteiger partial charge in [-0.15, -0.1) is 0 Å². The molecule has 0 bridgehead atoms. The topological polar surface area (TPSA) is 69.2 Å². The molecule has 0 saturated heterocycles. The van der Waals surface area contributed by atoms with Crippen LogP contribution < -0.4 is 14.9 Å². The molecule has 1 aliphatic heterocycles. The minimum atomic E-state index is -1.30. The number of nitrogens with one attached hydrogen (secondary N) is 1. The maximum absolute atomic E-state index is 12.8. The lowest BCUT2D eigenvalue weighted by Crippen LogP contribution is -2.71. The van der Waals surface area contributed by atoms with Crippen molar-refractivity contribution in [3.05, 3.63) is 28.2 Å². The summed E-state index contributed by atoms with van der Waals surface area (Å²) in [4.78, 5) is 23.8. The van der Waals surface area contributed by atoms with E-state index >= 15 is 0 Å². The van der Waals surface area contributed by atoms with Gasteiger partial charge in [0, 0.05) is 22.5 Å². The van der Waals surface area contributed by atoms with E-state index in [1.165, 1.54) is 0 Å². The Morgan fingerprint density at radius 2 is 1.96 bits per heavy atom. The van der Waals surface area contributed by atoms with E-state index in [-0.39, 0.29) is 28.0 Å². The Labute approximate surface area is 145 Å². The van der Waals surface area contributed by atoms with Crippen molar-refractivity contribution in [1.82, 2.24) is 9.80 Å². The first-order valence-electron chi connectivity index (χ1n) is 7.69. The monoisotopic (exact) mass is 382 g/mol. The van der Waals surface area contributed by atoms with Gasteiger partial charge in [0.05, 0.1) is 13.0 Å². The minimum Gasteiger partial charge on any atom is -0.530 e. The van der Waals surface area contributed by atoms with Crippen LogP contribution in [0.1, 0.15) is 52.6 Å². The summed E-state index contributed by atoms with van der Waals surface area (Å²) in [7, 11) is 0. The molecule has 2 rings (SSSR count). The number of carbonyl (C=O) groups excluding carboxylic acids is 2. The molecule has 1 aliphatic rings. The first kappa shape index (κ1) is 17.9. The Morgan fingerprint density at radius 3 is 2.43 bits per heavy atom. The van der Waals surface area contributed by atoms with Crippen molar-refractivity contribution in [2.75, 3.05) is 0 Å². The molecule has 1 aromatic rings. The van der Waals surface area contributed by atoms with Gasteiger partial charge >= 0.3 is 5.91 Å². The molecule has 0 spiro atoms. The van der Waals surface area contributed by atoms with Gasteiger partial charge in [-0.05, 0) is 39.8 Å². The zero-order valence-electron chi connectivity index (χ0n) is 14.1. The van der Waals surface area contributed by atoms with Crippen LogP contribution >= 0.6 is 15.9 Å².